The van der Waals surface area contributed by atoms with Gasteiger partial charge in [-0.3, -0.25) is 4.79 Å². The van der Waals surface area contributed by atoms with Crippen molar-refractivity contribution in [3.05, 3.63) is 53.7 Å². The Labute approximate surface area is 147 Å². The molecule has 24 heavy (non-hydrogen) atoms. The molecule has 1 aromatic heterocycles. The van der Waals surface area contributed by atoms with Gasteiger partial charge >= 0.3 is 0 Å². The highest BCUT2D eigenvalue weighted by Crippen LogP contribution is 2.25. The molecule has 0 aliphatic heterocycles. The number of benzene rings is 1. The molecule has 0 saturated carbocycles. The molecule has 124 valence electrons. The van der Waals surface area contributed by atoms with E-state index in [4.69, 9.17) is 5.26 Å². The van der Waals surface area contributed by atoms with Gasteiger partial charge in [0.2, 0.25) is 5.91 Å². The van der Waals surface area contributed by atoms with Crippen LogP contribution in [0.3, 0.4) is 0 Å². The first-order chi connectivity index (χ1) is 11.3. The summed E-state index contributed by atoms with van der Waals surface area (Å²) in [7, 11) is 0. The van der Waals surface area contributed by atoms with Crippen molar-refractivity contribution in [3.8, 4) is 6.07 Å². The van der Waals surface area contributed by atoms with E-state index in [9.17, 15) is 4.79 Å². The summed E-state index contributed by atoms with van der Waals surface area (Å²) in [5.41, 5.74) is 2.61. The van der Waals surface area contributed by atoms with Crippen molar-refractivity contribution in [1.29, 1.82) is 5.26 Å². The van der Waals surface area contributed by atoms with Gasteiger partial charge in [0, 0.05) is 11.9 Å². The van der Waals surface area contributed by atoms with E-state index in [-0.39, 0.29) is 16.6 Å². The normalized spacial score (nSPS) is 12.3. The van der Waals surface area contributed by atoms with Crippen LogP contribution in [0.1, 0.15) is 38.8 Å². The second-order valence-corrected chi connectivity index (χ2v) is 7.93. The van der Waals surface area contributed by atoms with E-state index in [2.05, 4.69) is 31.1 Å². The van der Waals surface area contributed by atoms with Gasteiger partial charge in [0.05, 0.1) is 15.8 Å². The Hall–Kier alpha value is -2.32. The molecular formula is C19H21N3OS. The maximum absolute atomic E-state index is 12.3. The smallest absolute Gasteiger partial charge is 0.237 e. The summed E-state index contributed by atoms with van der Waals surface area (Å²) in [5, 5.41) is 12.1. The number of rotatable bonds is 4. The van der Waals surface area contributed by atoms with E-state index in [1.54, 1.807) is 12.1 Å². The van der Waals surface area contributed by atoms with E-state index >= 15 is 0 Å². The van der Waals surface area contributed by atoms with Gasteiger partial charge in [0.15, 0.2) is 0 Å². The average Bonchev–Trinajstić information content (AvgIpc) is 2.55. The van der Waals surface area contributed by atoms with Gasteiger partial charge in [-0.25, -0.2) is 4.98 Å². The van der Waals surface area contributed by atoms with E-state index in [1.807, 2.05) is 37.3 Å². The summed E-state index contributed by atoms with van der Waals surface area (Å²) in [6, 6.07) is 13.4. The predicted octanol–water partition coefficient (Wildman–Crippen LogP) is 4.37. The molecule has 2 rings (SSSR count). The van der Waals surface area contributed by atoms with Crippen LogP contribution < -0.4 is 5.32 Å². The van der Waals surface area contributed by atoms with Crippen molar-refractivity contribution in [3.63, 3.8) is 0 Å². The van der Waals surface area contributed by atoms with Crippen LogP contribution >= 0.6 is 11.8 Å². The van der Waals surface area contributed by atoms with Crippen molar-refractivity contribution in [1.82, 2.24) is 4.98 Å². The van der Waals surface area contributed by atoms with Gasteiger partial charge in [0.25, 0.3) is 0 Å². The second-order valence-electron chi connectivity index (χ2n) is 6.57. The maximum Gasteiger partial charge on any atom is 0.237 e. The summed E-state index contributed by atoms with van der Waals surface area (Å²) in [6.07, 6.45) is 1.51. The number of nitrogens with zero attached hydrogens (tertiary/aromatic N) is 2. The minimum Gasteiger partial charge on any atom is -0.325 e. The number of anilines is 1. The number of amides is 1. The Balaban J connectivity index is 1.97. The van der Waals surface area contributed by atoms with Crippen LogP contribution in [0.4, 0.5) is 5.69 Å². The van der Waals surface area contributed by atoms with Gasteiger partial charge in [-0.2, -0.15) is 5.26 Å². The summed E-state index contributed by atoms with van der Waals surface area (Å²) >= 11 is 1.36. The molecule has 1 aromatic carbocycles. The predicted molar refractivity (Wildman–Crippen MR) is 98.0 cm³/mol. The Morgan fingerprint density at radius 2 is 1.88 bits per heavy atom. The number of carbonyl (C=O) groups excluding carboxylic acids is 1. The molecule has 1 amide bonds. The first kappa shape index (κ1) is 18.0. The van der Waals surface area contributed by atoms with Crippen LogP contribution in [-0.4, -0.2) is 16.1 Å². The number of nitriles is 1. The number of hydrogen-bond acceptors (Lipinski definition) is 4. The summed E-state index contributed by atoms with van der Waals surface area (Å²) in [4.78, 5) is 16.5. The van der Waals surface area contributed by atoms with Crippen LogP contribution in [0.15, 0.2) is 47.6 Å². The fourth-order valence-electron chi connectivity index (χ4n) is 2.05. The van der Waals surface area contributed by atoms with Gasteiger partial charge in [0.1, 0.15) is 6.07 Å². The molecule has 2 aromatic rings. The van der Waals surface area contributed by atoms with Crippen LogP contribution in [0, 0.1) is 11.3 Å². The summed E-state index contributed by atoms with van der Waals surface area (Å²) in [5.74, 6) is -0.0744. The standard InChI is InChI=1S/C19H21N3OS/c1-13(24-17-10-5-14(11-20)12-21-17)18(23)22-16-8-6-15(7-9-16)19(2,3)4/h5-10,12-13H,1-4H3,(H,22,23)/t13-/m0/s1. The number of nitrogens with one attached hydrogen (secondary N) is 1. The number of pyridine rings is 1. The van der Waals surface area contributed by atoms with Crippen molar-refractivity contribution < 1.29 is 4.79 Å². The van der Waals surface area contributed by atoms with Gasteiger partial charge in [-0.1, -0.05) is 44.7 Å². The van der Waals surface area contributed by atoms with Crippen molar-refractivity contribution in [2.45, 2.75) is 43.4 Å². The summed E-state index contributed by atoms with van der Waals surface area (Å²) in [6.45, 7) is 8.31. The lowest BCUT2D eigenvalue weighted by Crippen LogP contribution is -2.22. The molecule has 4 nitrogen and oxygen atoms in total. The third-order valence-corrected chi connectivity index (χ3v) is 4.60. The van der Waals surface area contributed by atoms with Gasteiger partial charge in [-0.15, -0.1) is 0 Å². The third kappa shape index (κ3) is 4.84. The number of hydrogen-bond donors (Lipinski definition) is 1. The fraction of sp³-hybridized carbons (Fsp3) is 0.316. The molecule has 1 heterocycles. The number of thioether (sulfide) groups is 1. The second kappa shape index (κ2) is 7.50. The largest absolute Gasteiger partial charge is 0.325 e. The molecule has 0 fully saturated rings. The first-order valence-corrected chi connectivity index (χ1v) is 8.62. The molecule has 1 N–H and O–H groups in total. The molecule has 0 spiro atoms. The monoisotopic (exact) mass is 339 g/mol. The molecule has 5 heteroatoms. The van der Waals surface area contributed by atoms with Gasteiger partial charge in [-0.05, 0) is 42.2 Å². The minimum absolute atomic E-state index is 0.0744. The Bertz CT molecular complexity index is 740. The number of aromatic nitrogens is 1. The first-order valence-electron chi connectivity index (χ1n) is 7.74. The topological polar surface area (TPSA) is 65.8 Å². The van der Waals surface area contributed by atoms with E-state index in [0.717, 1.165) is 10.7 Å². The lowest BCUT2D eigenvalue weighted by atomic mass is 9.87. The van der Waals surface area contributed by atoms with Crippen LogP contribution in [-0.2, 0) is 10.2 Å². The molecule has 0 radical (unpaired) electrons. The lowest BCUT2D eigenvalue weighted by molar-refractivity contribution is -0.115. The van der Waals surface area contributed by atoms with Crippen LogP contribution in [0.5, 0.6) is 0 Å². The molecular weight excluding hydrogens is 318 g/mol. The van der Waals surface area contributed by atoms with Crippen molar-refractivity contribution >= 4 is 23.4 Å². The highest BCUT2D eigenvalue weighted by molar-refractivity contribution is 8.00. The van der Waals surface area contributed by atoms with E-state index in [0.29, 0.717) is 5.56 Å². The highest BCUT2D eigenvalue weighted by Gasteiger charge is 2.16. The fourth-order valence-corrected chi connectivity index (χ4v) is 2.84. The zero-order valence-electron chi connectivity index (χ0n) is 14.3. The average molecular weight is 339 g/mol. The molecule has 0 bridgehead atoms. The van der Waals surface area contributed by atoms with Crippen molar-refractivity contribution in [2.24, 2.45) is 0 Å². The van der Waals surface area contributed by atoms with Gasteiger partial charge < -0.3 is 5.32 Å². The lowest BCUT2D eigenvalue weighted by Gasteiger charge is -2.19. The highest BCUT2D eigenvalue weighted by atomic mass is 32.2. The molecule has 0 aliphatic rings. The minimum atomic E-state index is -0.285. The molecule has 1 atom stereocenters. The quantitative estimate of drug-likeness (QED) is 0.840. The zero-order chi connectivity index (χ0) is 17.7. The number of carbonyl (C=O) groups is 1. The molecule has 0 aliphatic carbocycles. The maximum atomic E-state index is 12.3. The van der Waals surface area contributed by atoms with Crippen LogP contribution in [0.2, 0.25) is 0 Å². The molecule has 0 unspecified atom stereocenters. The van der Waals surface area contributed by atoms with E-state index in [1.165, 1.54) is 23.5 Å². The SMILES string of the molecule is C[C@H](Sc1ccc(C#N)cn1)C(=O)Nc1ccc(C(C)(C)C)cc1. The van der Waals surface area contributed by atoms with Crippen molar-refractivity contribution in [2.75, 3.05) is 5.32 Å². The Morgan fingerprint density at radius 1 is 1.21 bits per heavy atom. The Morgan fingerprint density at radius 3 is 2.38 bits per heavy atom. The van der Waals surface area contributed by atoms with Crippen LogP contribution in [0.25, 0.3) is 0 Å². The Kier molecular flexibility index (Phi) is 5.63. The molecule has 0 saturated heterocycles. The summed E-state index contributed by atoms with van der Waals surface area (Å²) < 4.78 is 0. The third-order valence-electron chi connectivity index (χ3n) is 3.55. The zero-order valence-corrected chi connectivity index (χ0v) is 15.1. The van der Waals surface area contributed by atoms with E-state index < -0.39 is 0 Å².